The van der Waals surface area contributed by atoms with Crippen molar-refractivity contribution in [3.05, 3.63) is 69.7 Å². The van der Waals surface area contributed by atoms with Crippen LogP contribution in [0.4, 0.5) is 8.78 Å². The fraction of sp³-hybridized carbons (Fsp3) is 0.188. The summed E-state index contributed by atoms with van der Waals surface area (Å²) in [6.45, 7) is 0.233. The highest BCUT2D eigenvalue weighted by Crippen LogP contribution is 2.19. The topological polar surface area (TPSA) is 38.3 Å². The number of carbonyl (C=O) groups excluding carboxylic acids is 1. The molecule has 2 aromatic rings. The molecule has 0 saturated carbocycles. The third-order valence-corrected chi connectivity index (χ3v) is 3.38. The maximum absolute atomic E-state index is 13.7. The summed E-state index contributed by atoms with van der Waals surface area (Å²) >= 11 is 5.81. The molecule has 2 rings (SSSR count). The molecule has 0 aliphatic carbocycles. The molecule has 0 unspecified atom stereocenters. The lowest BCUT2D eigenvalue weighted by Crippen LogP contribution is -2.24. The lowest BCUT2D eigenvalue weighted by atomic mass is 10.1. The number of hydrogen-bond acceptors (Lipinski definition) is 2. The van der Waals surface area contributed by atoms with Crippen molar-refractivity contribution in [2.24, 2.45) is 0 Å². The zero-order chi connectivity index (χ0) is 16.1. The van der Waals surface area contributed by atoms with Gasteiger partial charge in [-0.1, -0.05) is 29.8 Å². The molecule has 0 bridgehead atoms. The van der Waals surface area contributed by atoms with Crippen LogP contribution >= 0.6 is 11.6 Å². The smallest absolute Gasteiger partial charge is 0.256 e. The Hall–Kier alpha value is -1.98. The highest BCUT2D eigenvalue weighted by atomic mass is 35.5. The van der Waals surface area contributed by atoms with E-state index in [1.165, 1.54) is 25.3 Å². The Bertz CT molecular complexity index is 672. The standard InChI is InChI=1S/C16H14ClF2NO2/c1-22-9-11-6-5-10(7-14(11)19)8-20-16(21)15-12(17)3-2-4-13(15)18/h2-7H,8-9H2,1H3,(H,20,21). The summed E-state index contributed by atoms with van der Waals surface area (Å²) in [5.74, 6) is -1.77. The summed E-state index contributed by atoms with van der Waals surface area (Å²) in [5.41, 5.74) is 0.758. The van der Waals surface area contributed by atoms with E-state index in [9.17, 15) is 13.6 Å². The van der Waals surface area contributed by atoms with Crippen LogP contribution in [0.15, 0.2) is 36.4 Å². The third-order valence-electron chi connectivity index (χ3n) is 3.06. The van der Waals surface area contributed by atoms with Crippen molar-refractivity contribution in [3.63, 3.8) is 0 Å². The van der Waals surface area contributed by atoms with Gasteiger partial charge in [-0.3, -0.25) is 4.79 Å². The van der Waals surface area contributed by atoms with Crippen LogP contribution in [0.25, 0.3) is 0 Å². The third kappa shape index (κ3) is 3.81. The fourth-order valence-corrected chi connectivity index (χ4v) is 2.21. The summed E-state index contributed by atoms with van der Waals surface area (Å²) in [6.07, 6.45) is 0. The zero-order valence-corrected chi connectivity index (χ0v) is 12.6. The molecule has 0 aliphatic rings. The van der Waals surface area contributed by atoms with Crippen molar-refractivity contribution in [2.45, 2.75) is 13.2 Å². The van der Waals surface area contributed by atoms with Crippen molar-refractivity contribution in [1.82, 2.24) is 5.32 Å². The Morgan fingerprint density at radius 1 is 1.23 bits per heavy atom. The molecule has 6 heteroatoms. The molecule has 22 heavy (non-hydrogen) atoms. The van der Waals surface area contributed by atoms with Crippen LogP contribution in [0.3, 0.4) is 0 Å². The van der Waals surface area contributed by atoms with Crippen molar-refractivity contribution in [2.75, 3.05) is 7.11 Å². The van der Waals surface area contributed by atoms with E-state index in [-0.39, 0.29) is 23.7 Å². The van der Waals surface area contributed by atoms with Crippen LogP contribution in [0.1, 0.15) is 21.5 Å². The molecule has 3 nitrogen and oxygen atoms in total. The van der Waals surface area contributed by atoms with Gasteiger partial charge in [0.25, 0.3) is 5.91 Å². The maximum atomic E-state index is 13.7. The second-order valence-corrected chi connectivity index (χ2v) is 5.05. The minimum atomic E-state index is -0.702. The molecule has 0 aromatic heterocycles. The minimum absolute atomic E-state index is 0.0270. The number of methoxy groups -OCH3 is 1. The largest absolute Gasteiger partial charge is 0.380 e. The number of nitrogens with one attached hydrogen (secondary N) is 1. The van der Waals surface area contributed by atoms with Crippen molar-refractivity contribution >= 4 is 17.5 Å². The summed E-state index contributed by atoms with van der Waals surface area (Å²) < 4.78 is 32.2. The molecule has 0 heterocycles. The molecular weight excluding hydrogens is 312 g/mol. The molecule has 0 saturated heterocycles. The minimum Gasteiger partial charge on any atom is -0.380 e. The quantitative estimate of drug-likeness (QED) is 0.910. The van der Waals surface area contributed by atoms with Gasteiger partial charge in [0.15, 0.2) is 0 Å². The van der Waals surface area contributed by atoms with E-state index in [1.807, 2.05) is 0 Å². The van der Waals surface area contributed by atoms with Gasteiger partial charge in [0.05, 0.1) is 17.2 Å². The maximum Gasteiger partial charge on any atom is 0.256 e. The fourth-order valence-electron chi connectivity index (χ4n) is 1.96. The van der Waals surface area contributed by atoms with E-state index in [4.69, 9.17) is 16.3 Å². The number of carbonyl (C=O) groups is 1. The van der Waals surface area contributed by atoms with E-state index in [2.05, 4.69) is 5.32 Å². The van der Waals surface area contributed by atoms with Crippen LogP contribution in [-0.4, -0.2) is 13.0 Å². The first-order valence-electron chi connectivity index (χ1n) is 6.51. The Kier molecular flexibility index (Phi) is 5.46. The number of benzene rings is 2. The highest BCUT2D eigenvalue weighted by molar-refractivity contribution is 6.33. The van der Waals surface area contributed by atoms with E-state index < -0.39 is 17.5 Å². The molecule has 0 spiro atoms. The molecule has 1 N–H and O–H groups in total. The zero-order valence-electron chi connectivity index (χ0n) is 11.8. The summed E-state index contributed by atoms with van der Waals surface area (Å²) in [5, 5.41) is 2.54. The Morgan fingerprint density at radius 3 is 2.64 bits per heavy atom. The van der Waals surface area contributed by atoms with E-state index in [0.29, 0.717) is 11.1 Å². The van der Waals surface area contributed by atoms with E-state index >= 15 is 0 Å². The summed E-state index contributed by atoms with van der Waals surface area (Å²) in [7, 11) is 1.48. The Morgan fingerprint density at radius 2 is 2.00 bits per heavy atom. The Labute approximate surface area is 131 Å². The SMILES string of the molecule is COCc1ccc(CNC(=O)c2c(F)cccc2Cl)cc1F. The number of rotatable bonds is 5. The van der Waals surface area contributed by atoms with Gasteiger partial charge >= 0.3 is 0 Å². The van der Waals surface area contributed by atoms with Crippen LogP contribution in [0.5, 0.6) is 0 Å². The number of hydrogen-bond donors (Lipinski definition) is 1. The van der Waals surface area contributed by atoms with Crippen molar-refractivity contribution in [1.29, 1.82) is 0 Å². The van der Waals surface area contributed by atoms with Gasteiger partial charge in [-0.25, -0.2) is 8.78 Å². The van der Waals surface area contributed by atoms with Gasteiger partial charge < -0.3 is 10.1 Å². The highest BCUT2D eigenvalue weighted by Gasteiger charge is 2.15. The lowest BCUT2D eigenvalue weighted by Gasteiger charge is -2.09. The number of amides is 1. The average Bonchev–Trinajstić information content (AvgIpc) is 2.47. The van der Waals surface area contributed by atoms with E-state index in [1.54, 1.807) is 12.1 Å². The van der Waals surface area contributed by atoms with Crippen molar-refractivity contribution < 1.29 is 18.3 Å². The summed E-state index contributed by atoms with van der Waals surface area (Å²) in [6, 6.07) is 8.55. The van der Waals surface area contributed by atoms with Crippen LogP contribution in [0.2, 0.25) is 5.02 Å². The lowest BCUT2D eigenvalue weighted by molar-refractivity contribution is 0.0947. The average molecular weight is 326 g/mol. The van der Waals surface area contributed by atoms with E-state index in [0.717, 1.165) is 6.07 Å². The molecule has 1 amide bonds. The predicted octanol–water partition coefficient (Wildman–Crippen LogP) is 3.69. The monoisotopic (exact) mass is 325 g/mol. The molecule has 0 atom stereocenters. The second kappa shape index (κ2) is 7.33. The normalized spacial score (nSPS) is 10.5. The van der Waals surface area contributed by atoms with Crippen LogP contribution < -0.4 is 5.32 Å². The molecular formula is C16H14ClF2NO2. The van der Waals surface area contributed by atoms with Gasteiger partial charge in [0.2, 0.25) is 0 Å². The number of halogens is 3. The van der Waals surface area contributed by atoms with Crippen LogP contribution in [-0.2, 0) is 17.9 Å². The molecule has 2 aromatic carbocycles. The van der Waals surface area contributed by atoms with Gasteiger partial charge in [0.1, 0.15) is 11.6 Å². The first-order valence-corrected chi connectivity index (χ1v) is 6.89. The van der Waals surface area contributed by atoms with Crippen LogP contribution in [0, 0.1) is 11.6 Å². The molecule has 0 aliphatic heterocycles. The first-order chi connectivity index (χ1) is 10.5. The van der Waals surface area contributed by atoms with Gasteiger partial charge in [0, 0.05) is 19.2 Å². The molecule has 0 fully saturated rings. The first kappa shape index (κ1) is 16.4. The second-order valence-electron chi connectivity index (χ2n) is 4.64. The van der Waals surface area contributed by atoms with Gasteiger partial charge in [-0.15, -0.1) is 0 Å². The number of ether oxygens (including phenoxy) is 1. The summed E-state index contributed by atoms with van der Waals surface area (Å²) in [4.78, 5) is 12.0. The molecule has 116 valence electrons. The van der Waals surface area contributed by atoms with Gasteiger partial charge in [-0.05, 0) is 23.8 Å². The Balaban J connectivity index is 2.07. The predicted molar refractivity (Wildman–Crippen MR) is 79.7 cm³/mol. The van der Waals surface area contributed by atoms with Gasteiger partial charge in [-0.2, -0.15) is 0 Å². The molecule has 0 radical (unpaired) electrons. The van der Waals surface area contributed by atoms with Crippen molar-refractivity contribution in [3.8, 4) is 0 Å².